The van der Waals surface area contributed by atoms with Crippen LogP contribution in [0.2, 0.25) is 5.02 Å². The molecule has 2 aliphatic heterocycles. The first-order chi connectivity index (χ1) is 15.1. The molecule has 1 aromatic heterocycles. The number of hydrogen-bond donors (Lipinski definition) is 0. The second kappa shape index (κ2) is 13.2. The van der Waals surface area contributed by atoms with Gasteiger partial charge >= 0.3 is 6.09 Å². The summed E-state index contributed by atoms with van der Waals surface area (Å²) in [5.74, 6) is 1.30. The summed E-state index contributed by atoms with van der Waals surface area (Å²) in [5, 5.41) is 6.31. The number of carbonyl (C=O) groups excluding carboxylic acids is 1. The molecule has 2 saturated heterocycles. The van der Waals surface area contributed by atoms with Crippen molar-refractivity contribution < 1.29 is 13.9 Å². The van der Waals surface area contributed by atoms with Gasteiger partial charge in [-0.15, -0.1) is 24.8 Å². The van der Waals surface area contributed by atoms with Gasteiger partial charge in [-0.1, -0.05) is 11.6 Å². The molecule has 182 valence electrons. The zero-order valence-corrected chi connectivity index (χ0v) is 21.1. The fourth-order valence-electron chi connectivity index (χ4n) is 3.85. The summed E-state index contributed by atoms with van der Waals surface area (Å²) in [6, 6.07) is 11.1. The van der Waals surface area contributed by atoms with Gasteiger partial charge in [0.2, 0.25) is 0 Å². The number of likely N-dealkylation sites (N-methyl/N-ethyl adjacent to an activating group) is 1. The smallest absolute Gasteiger partial charge is 0.430 e. The van der Waals surface area contributed by atoms with E-state index in [0.717, 1.165) is 63.3 Å². The lowest BCUT2D eigenvalue weighted by Crippen LogP contribution is -2.44. The van der Waals surface area contributed by atoms with Gasteiger partial charge in [0, 0.05) is 36.8 Å². The highest BCUT2D eigenvalue weighted by Gasteiger charge is 2.30. The second-order valence-corrected chi connectivity index (χ2v) is 8.62. The Bertz CT molecular complexity index is 899. The number of unbranched alkanes of at least 4 members (excludes halogenated alkanes) is 1. The topological polar surface area (TPSA) is 61.5 Å². The molecular weight excluding hydrogens is 487 g/mol. The highest BCUT2D eigenvalue weighted by Crippen LogP contribution is 2.23. The average Bonchev–Trinajstić information content (AvgIpc) is 3.38. The lowest BCUT2D eigenvalue weighted by molar-refractivity contribution is 0.125. The van der Waals surface area contributed by atoms with Crippen molar-refractivity contribution in [3.8, 4) is 11.3 Å². The number of ether oxygens (including phenoxy) is 1. The maximum absolute atomic E-state index is 12.1. The van der Waals surface area contributed by atoms with Crippen LogP contribution in [-0.2, 0) is 4.74 Å². The summed E-state index contributed by atoms with van der Waals surface area (Å²) in [7, 11) is 2.17. The molecule has 1 atom stereocenters. The lowest BCUT2D eigenvalue weighted by atomic mass is 10.1. The third-order valence-corrected chi connectivity index (χ3v) is 6.03. The van der Waals surface area contributed by atoms with Crippen LogP contribution >= 0.6 is 36.4 Å². The molecule has 0 spiro atoms. The van der Waals surface area contributed by atoms with Crippen LogP contribution in [0.3, 0.4) is 0 Å². The van der Waals surface area contributed by atoms with Crippen molar-refractivity contribution in [1.29, 1.82) is 0 Å². The quantitative estimate of drug-likeness (QED) is 0.364. The molecule has 0 bridgehead atoms. The molecule has 2 fully saturated rings. The molecular formula is C23H31Cl3N4O3. The molecule has 2 aromatic rings. The molecule has 0 aliphatic carbocycles. The molecule has 3 heterocycles. The zero-order valence-electron chi connectivity index (χ0n) is 18.7. The van der Waals surface area contributed by atoms with E-state index < -0.39 is 6.09 Å². The van der Waals surface area contributed by atoms with E-state index in [2.05, 4.69) is 21.9 Å². The maximum atomic E-state index is 12.1. The molecule has 4 rings (SSSR count). The van der Waals surface area contributed by atoms with Gasteiger partial charge in [0.05, 0.1) is 12.8 Å². The molecule has 1 amide bonds. The highest BCUT2D eigenvalue weighted by molar-refractivity contribution is 6.30. The first-order valence-corrected chi connectivity index (χ1v) is 11.2. The van der Waals surface area contributed by atoms with Gasteiger partial charge in [-0.25, -0.2) is 4.79 Å². The molecule has 0 radical (unpaired) electrons. The van der Waals surface area contributed by atoms with Gasteiger partial charge in [-0.05, 0) is 69.3 Å². The van der Waals surface area contributed by atoms with Gasteiger partial charge < -0.3 is 19.0 Å². The zero-order chi connectivity index (χ0) is 21.6. The number of hydrazone groups is 1. The first kappa shape index (κ1) is 27.5. The largest absolute Gasteiger partial charge is 0.455 e. The monoisotopic (exact) mass is 516 g/mol. The molecule has 0 N–H and O–H groups in total. The predicted molar refractivity (Wildman–Crippen MR) is 136 cm³/mol. The molecule has 1 aromatic carbocycles. The Kier molecular flexibility index (Phi) is 11.0. The highest BCUT2D eigenvalue weighted by atomic mass is 35.5. The number of nitrogens with zero attached hydrogens (tertiary/aromatic N) is 4. The molecule has 10 heteroatoms. The van der Waals surface area contributed by atoms with Gasteiger partial charge in [0.15, 0.2) is 0 Å². The number of piperazine rings is 1. The molecule has 0 saturated carbocycles. The Hall–Kier alpha value is -1.77. The summed E-state index contributed by atoms with van der Waals surface area (Å²) >= 11 is 5.93. The van der Waals surface area contributed by atoms with Crippen molar-refractivity contribution in [2.24, 2.45) is 5.10 Å². The minimum atomic E-state index is -0.398. The van der Waals surface area contributed by atoms with E-state index in [9.17, 15) is 4.79 Å². The van der Waals surface area contributed by atoms with E-state index in [1.807, 2.05) is 36.4 Å². The third kappa shape index (κ3) is 7.90. The summed E-state index contributed by atoms with van der Waals surface area (Å²) < 4.78 is 11.3. The van der Waals surface area contributed by atoms with E-state index in [0.29, 0.717) is 17.3 Å². The fraction of sp³-hybridized carbons (Fsp3) is 0.478. The van der Waals surface area contributed by atoms with Crippen LogP contribution in [-0.4, -0.2) is 79.5 Å². The van der Waals surface area contributed by atoms with Gasteiger partial charge in [0.25, 0.3) is 0 Å². The van der Waals surface area contributed by atoms with Crippen molar-refractivity contribution in [1.82, 2.24) is 14.8 Å². The predicted octanol–water partition coefficient (Wildman–Crippen LogP) is 5.02. The number of halogens is 3. The van der Waals surface area contributed by atoms with Crippen LogP contribution in [0, 0.1) is 0 Å². The number of cyclic esters (lactones) is 1. The normalized spacial score (nSPS) is 19.4. The van der Waals surface area contributed by atoms with Crippen molar-refractivity contribution in [2.45, 2.75) is 25.4 Å². The maximum Gasteiger partial charge on any atom is 0.430 e. The second-order valence-electron chi connectivity index (χ2n) is 8.18. The Morgan fingerprint density at radius 3 is 2.52 bits per heavy atom. The SMILES string of the molecule is CN1CCN(CCCCC2CN(/N=C/c3ccc(-c4ccc(Cl)cc4)o3)C(=O)O2)CC1.Cl.Cl. The molecule has 1 unspecified atom stereocenters. The van der Waals surface area contributed by atoms with Crippen LogP contribution in [0.5, 0.6) is 0 Å². The Labute approximate surface area is 212 Å². The van der Waals surface area contributed by atoms with E-state index in [-0.39, 0.29) is 30.9 Å². The standard InChI is InChI=1S/C23H29ClN4O3.2ClH/c1-26-12-14-27(15-13-26)11-3-2-4-21-17-28(23(29)31-21)25-16-20-9-10-22(30-20)18-5-7-19(24)8-6-18;;/h5-10,16,21H,2-4,11-15,17H2,1H3;2*1H/b25-16+;;. The van der Waals surface area contributed by atoms with E-state index in [1.165, 1.54) is 5.01 Å². The Balaban J connectivity index is 0.00000193. The number of rotatable bonds is 8. The van der Waals surface area contributed by atoms with Crippen molar-refractivity contribution in [3.63, 3.8) is 0 Å². The van der Waals surface area contributed by atoms with Gasteiger partial charge in [-0.3, -0.25) is 0 Å². The van der Waals surface area contributed by atoms with Crippen LogP contribution in [0.4, 0.5) is 4.79 Å². The minimum Gasteiger partial charge on any atom is -0.455 e. The number of furan rings is 1. The third-order valence-electron chi connectivity index (χ3n) is 5.78. The van der Waals surface area contributed by atoms with Crippen molar-refractivity contribution >= 4 is 48.7 Å². The van der Waals surface area contributed by atoms with E-state index in [4.69, 9.17) is 20.8 Å². The van der Waals surface area contributed by atoms with Crippen molar-refractivity contribution in [2.75, 3.05) is 46.3 Å². The van der Waals surface area contributed by atoms with Crippen LogP contribution in [0.1, 0.15) is 25.0 Å². The summed E-state index contributed by atoms with van der Waals surface area (Å²) in [4.78, 5) is 17.0. The van der Waals surface area contributed by atoms with E-state index >= 15 is 0 Å². The molecule has 33 heavy (non-hydrogen) atoms. The molecule has 2 aliphatic rings. The average molecular weight is 518 g/mol. The van der Waals surface area contributed by atoms with Crippen LogP contribution in [0.15, 0.2) is 45.9 Å². The number of carbonyl (C=O) groups is 1. The minimum absolute atomic E-state index is 0. The van der Waals surface area contributed by atoms with Gasteiger partial charge in [-0.2, -0.15) is 10.1 Å². The van der Waals surface area contributed by atoms with Crippen molar-refractivity contribution in [3.05, 3.63) is 47.2 Å². The Morgan fingerprint density at radius 1 is 1.06 bits per heavy atom. The fourth-order valence-corrected chi connectivity index (χ4v) is 3.98. The van der Waals surface area contributed by atoms with Crippen LogP contribution < -0.4 is 0 Å². The Morgan fingerprint density at radius 2 is 1.79 bits per heavy atom. The lowest BCUT2D eigenvalue weighted by Gasteiger charge is -2.32. The number of benzene rings is 1. The summed E-state index contributed by atoms with van der Waals surface area (Å²) in [6.45, 7) is 6.17. The molecule has 7 nitrogen and oxygen atoms in total. The number of hydrogen-bond acceptors (Lipinski definition) is 6. The first-order valence-electron chi connectivity index (χ1n) is 10.9. The summed E-state index contributed by atoms with van der Waals surface area (Å²) in [5.41, 5.74) is 0.932. The van der Waals surface area contributed by atoms with E-state index in [1.54, 1.807) is 6.21 Å². The van der Waals surface area contributed by atoms with Crippen LogP contribution in [0.25, 0.3) is 11.3 Å². The van der Waals surface area contributed by atoms with Gasteiger partial charge in [0.1, 0.15) is 17.6 Å². The number of amides is 1. The summed E-state index contributed by atoms with van der Waals surface area (Å²) in [6.07, 6.45) is 4.09.